The molecule has 2 heteroatoms. The highest BCUT2D eigenvalue weighted by Crippen LogP contribution is 2.25. The van der Waals surface area contributed by atoms with E-state index < -0.39 is 0 Å². The molecule has 0 spiro atoms. The van der Waals surface area contributed by atoms with Gasteiger partial charge in [0.25, 0.3) is 0 Å². The van der Waals surface area contributed by atoms with Crippen LogP contribution in [0.5, 0.6) is 0 Å². The van der Waals surface area contributed by atoms with Crippen molar-refractivity contribution in [2.45, 2.75) is 13.8 Å². The molecule has 0 amide bonds. The molecule has 3 aromatic rings. The zero-order valence-electron chi connectivity index (χ0n) is 9.36. The van der Waals surface area contributed by atoms with Crippen LogP contribution in [0.15, 0.2) is 36.5 Å². The standard InChI is InChI=1S/C14H12N2/c1-9-7-14-13(8-15-9)12-6-4-3-5-11(12)10(2)16-14/h3-8H,1-2H3. The van der Waals surface area contributed by atoms with Gasteiger partial charge in [0.2, 0.25) is 0 Å². The average Bonchev–Trinajstić information content (AvgIpc) is 2.29. The van der Waals surface area contributed by atoms with E-state index in [1.54, 1.807) is 0 Å². The summed E-state index contributed by atoms with van der Waals surface area (Å²) in [5.74, 6) is 0. The van der Waals surface area contributed by atoms with Crippen LogP contribution in [0, 0.1) is 13.8 Å². The molecule has 2 heterocycles. The molecule has 0 atom stereocenters. The van der Waals surface area contributed by atoms with Crippen molar-refractivity contribution >= 4 is 21.7 Å². The minimum absolute atomic E-state index is 1.01. The molecular weight excluding hydrogens is 196 g/mol. The molecule has 0 unspecified atom stereocenters. The van der Waals surface area contributed by atoms with Gasteiger partial charge in [0.1, 0.15) is 0 Å². The molecule has 0 N–H and O–H groups in total. The second kappa shape index (κ2) is 3.27. The van der Waals surface area contributed by atoms with Gasteiger partial charge in [0, 0.05) is 28.4 Å². The van der Waals surface area contributed by atoms with Gasteiger partial charge in [-0.3, -0.25) is 9.97 Å². The van der Waals surface area contributed by atoms with Crippen molar-refractivity contribution in [1.29, 1.82) is 0 Å². The van der Waals surface area contributed by atoms with Gasteiger partial charge in [-0.05, 0) is 25.3 Å². The highest BCUT2D eigenvalue weighted by Gasteiger charge is 2.04. The van der Waals surface area contributed by atoms with Crippen LogP contribution in [-0.2, 0) is 0 Å². The first-order valence-corrected chi connectivity index (χ1v) is 5.37. The van der Waals surface area contributed by atoms with Gasteiger partial charge in [-0.25, -0.2) is 0 Å². The molecule has 1 aromatic carbocycles. The molecule has 3 rings (SSSR count). The number of aryl methyl sites for hydroxylation is 2. The third-order valence-electron chi connectivity index (χ3n) is 2.91. The van der Waals surface area contributed by atoms with Crippen LogP contribution >= 0.6 is 0 Å². The van der Waals surface area contributed by atoms with Crippen molar-refractivity contribution < 1.29 is 0 Å². The number of fused-ring (bicyclic) bond motifs is 3. The summed E-state index contributed by atoms with van der Waals surface area (Å²) in [5.41, 5.74) is 3.12. The van der Waals surface area contributed by atoms with E-state index in [9.17, 15) is 0 Å². The summed E-state index contributed by atoms with van der Waals surface area (Å²) in [5, 5.41) is 3.57. The van der Waals surface area contributed by atoms with Gasteiger partial charge in [-0.2, -0.15) is 0 Å². The lowest BCUT2D eigenvalue weighted by Crippen LogP contribution is -1.90. The van der Waals surface area contributed by atoms with E-state index in [2.05, 4.69) is 35.1 Å². The molecule has 0 saturated carbocycles. The van der Waals surface area contributed by atoms with Crippen LogP contribution in [0.3, 0.4) is 0 Å². The quantitative estimate of drug-likeness (QED) is 0.529. The van der Waals surface area contributed by atoms with Gasteiger partial charge < -0.3 is 0 Å². The Kier molecular flexibility index (Phi) is 1.90. The molecule has 0 aliphatic rings. The summed E-state index contributed by atoms with van der Waals surface area (Å²) in [6.07, 6.45) is 1.92. The molecule has 16 heavy (non-hydrogen) atoms. The van der Waals surface area contributed by atoms with Crippen molar-refractivity contribution in [2.24, 2.45) is 0 Å². The van der Waals surface area contributed by atoms with E-state index in [0.29, 0.717) is 0 Å². The summed E-state index contributed by atoms with van der Waals surface area (Å²) in [6.45, 7) is 4.04. The lowest BCUT2D eigenvalue weighted by atomic mass is 10.1. The second-order valence-corrected chi connectivity index (χ2v) is 4.09. The normalized spacial score (nSPS) is 11.1. The molecule has 78 valence electrons. The third kappa shape index (κ3) is 1.27. The maximum absolute atomic E-state index is 4.62. The Balaban J connectivity index is 2.59. The fourth-order valence-corrected chi connectivity index (χ4v) is 2.12. The molecule has 0 bridgehead atoms. The SMILES string of the molecule is Cc1cc2nc(C)c3ccccc3c2cn1. The fourth-order valence-electron chi connectivity index (χ4n) is 2.12. The molecule has 2 nitrogen and oxygen atoms in total. The van der Waals surface area contributed by atoms with Gasteiger partial charge in [0.15, 0.2) is 0 Å². The van der Waals surface area contributed by atoms with Gasteiger partial charge in [-0.15, -0.1) is 0 Å². The first-order chi connectivity index (χ1) is 7.75. The Bertz CT molecular complexity index is 687. The van der Waals surface area contributed by atoms with Crippen LogP contribution in [0.1, 0.15) is 11.4 Å². The van der Waals surface area contributed by atoms with Crippen molar-refractivity contribution in [1.82, 2.24) is 9.97 Å². The molecular formula is C14H12N2. The lowest BCUT2D eigenvalue weighted by Gasteiger charge is -2.06. The Morgan fingerprint density at radius 3 is 2.50 bits per heavy atom. The minimum Gasteiger partial charge on any atom is -0.261 e. The maximum Gasteiger partial charge on any atom is 0.0745 e. The van der Waals surface area contributed by atoms with Gasteiger partial charge in [-0.1, -0.05) is 24.3 Å². The smallest absolute Gasteiger partial charge is 0.0745 e. The monoisotopic (exact) mass is 208 g/mol. The van der Waals surface area contributed by atoms with Gasteiger partial charge >= 0.3 is 0 Å². The number of hydrogen-bond donors (Lipinski definition) is 0. The third-order valence-corrected chi connectivity index (χ3v) is 2.91. The van der Waals surface area contributed by atoms with Crippen molar-refractivity contribution in [2.75, 3.05) is 0 Å². The Labute approximate surface area is 94.0 Å². The van der Waals surface area contributed by atoms with Crippen LogP contribution in [0.2, 0.25) is 0 Å². The summed E-state index contributed by atoms with van der Waals surface area (Å²) >= 11 is 0. The number of aromatic nitrogens is 2. The predicted molar refractivity (Wildman–Crippen MR) is 66.5 cm³/mol. The van der Waals surface area contributed by atoms with Crippen LogP contribution < -0.4 is 0 Å². The molecule has 2 aromatic heterocycles. The van der Waals surface area contributed by atoms with E-state index in [-0.39, 0.29) is 0 Å². The molecule has 0 saturated heterocycles. The van der Waals surface area contributed by atoms with Crippen molar-refractivity contribution in [3.8, 4) is 0 Å². The van der Waals surface area contributed by atoms with E-state index in [1.165, 1.54) is 10.8 Å². The Morgan fingerprint density at radius 2 is 1.69 bits per heavy atom. The van der Waals surface area contributed by atoms with E-state index in [4.69, 9.17) is 0 Å². The molecule has 0 fully saturated rings. The number of pyridine rings is 2. The Morgan fingerprint density at radius 1 is 0.938 bits per heavy atom. The lowest BCUT2D eigenvalue weighted by molar-refractivity contribution is 1.20. The highest BCUT2D eigenvalue weighted by atomic mass is 14.7. The molecule has 0 radical (unpaired) electrons. The highest BCUT2D eigenvalue weighted by molar-refractivity contribution is 6.06. The number of rotatable bonds is 0. The molecule has 0 aliphatic heterocycles. The maximum atomic E-state index is 4.62. The van der Waals surface area contributed by atoms with Crippen LogP contribution in [0.25, 0.3) is 21.7 Å². The number of benzene rings is 1. The van der Waals surface area contributed by atoms with Crippen LogP contribution in [-0.4, -0.2) is 9.97 Å². The van der Waals surface area contributed by atoms with Crippen molar-refractivity contribution in [3.05, 3.63) is 47.9 Å². The summed E-state index contributed by atoms with van der Waals surface area (Å²) in [7, 11) is 0. The zero-order valence-corrected chi connectivity index (χ0v) is 9.36. The topological polar surface area (TPSA) is 25.8 Å². The van der Waals surface area contributed by atoms with Crippen LogP contribution in [0.4, 0.5) is 0 Å². The largest absolute Gasteiger partial charge is 0.261 e. The predicted octanol–water partition coefficient (Wildman–Crippen LogP) is 3.40. The summed E-state index contributed by atoms with van der Waals surface area (Å²) in [6, 6.07) is 10.4. The van der Waals surface area contributed by atoms with E-state index in [0.717, 1.165) is 22.3 Å². The second-order valence-electron chi connectivity index (χ2n) is 4.09. The first kappa shape index (κ1) is 9.28. The summed E-state index contributed by atoms with van der Waals surface area (Å²) in [4.78, 5) is 8.97. The summed E-state index contributed by atoms with van der Waals surface area (Å²) < 4.78 is 0. The van der Waals surface area contributed by atoms with Gasteiger partial charge in [0.05, 0.1) is 5.52 Å². The number of nitrogens with zero attached hydrogens (tertiary/aromatic N) is 2. The van der Waals surface area contributed by atoms with E-state index in [1.807, 2.05) is 25.3 Å². The zero-order chi connectivity index (χ0) is 11.1. The minimum atomic E-state index is 1.01. The van der Waals surface area contributed by atoms with E-state index >= 15 is 0 Å². The number of hydrogen-bond acceptors (Lipinski definition) is 2. The fraction of sp³-hybridized carbons (Fsp3) is 0.143. The Hall–Kier alpha value is -1.96. The molecule has 0 aliphatic carbocycles. The first-order valence-electron chi connectivity index (χ1n) is 5.37. The van der Waals surface area contributed by atoms with Crippen molar-refractivity contribution in [3.63, 3.8) is 0 Å². The average molecular weight is 208 g/mol.